The van der Waals surface area contributed by atoms with Crippen LogP contribution in [0.5, 0.6) is 0 Å². The number of aliphatic hydroxyl groups is 1. The molecule has 0 aromatic heterocycles. The van der Waals surface area contributed by atoms with Crippen LogP contribution in [0.2, 0.25) is 0 Å². The van der Waals surface area contributed by atoms with E-state index in [1.54, 1.807) is 24.0 Å². The van der Waals surface area contributed by atoms with Crippen molar-refractivity contribution in [1.29, 1.82) is 0 Å². The first kappa shape index (κ1) is 20.0. The molecule has 2 N–H and O–H groups in total. The van der Waals surface area contributed by atoms with Gasteiger partial charge in [0.2, 0.25) is 5.91 Å². The molecule has 0 radical (unpaired) electrons. The smallest absolute Gasteiger partial charge is 0.336 e. The third-order valence-corrected chi connectivity index (χ3v) is 5.21. The van der Waals surface area contributed by atoms with Crippen molar-refractivity contribution in [2.45, 2.75) is 13.5 Å². The number of hydrogen-bond acceptors (Lipinski definition) is 4. The minimum Gasteiger partial charge on any atom is -0.478 e. The van der Waals surface area contributed by atoms with E-state index >= 15 is 0 Å². The molecule has 6 nitrogen and oxygen atoms in total. The van der Waals surface area contributed by atoms with Crippen molar-refractivity contribution < 1.29 is 19.8 Å². The van der Waals surface area contributed by atoms with Gasteiger partial charge in [0, 0.05) is 52.2 Å². The molecule has 0 aliphatic carbocycles. The Balaban J connectivity index is 1.72. The lowest BCUT2D eigenvalue weighted by atomic mass is 9.98. The summed E-state index contributed by atoms with van der Waals surface area (Å²) in [5.41, 5.74) is 2.98. The molecule has 1 aliphatic heterocycles. The fourth-order valence-electron chi connectivity index (χ4n) is 3.69. The lowest BCUT2D eigenvalue weighted by molar-refractivity contribution is -0.129. The minimum absolute atomic E-state index is 0.0433. The Hall–Kier alpha value is -2.70. The molecule has 1 heterocycles. The molecule has 28 heavy (non-hydrogen) atoms. The second-order valence-electron chi connectivity index (χ2n) is 7.30. The van der Waals surface area contributed by atoms with E-state index in [-0.39, 0.29) is 24.0 Å². The number of aromatic carboxylic acids is 1. The van der Waals surface area contributed by atoms with E-state index in [0.717, 1.165) is 30.8 Å². The van der Waals surface area contributed by atoms with Crippen molar-refractivity contribution in [3.63, 3.8) is 0 Å². The average molecular weight is 382 g/mol. The zero-order valence-electron chi connectivity index (χ0n) is 16.0. The number of carboxylic acids is 1. The number of nitrogens with zero attached hydrogens (tertiary/aromatic N) is 2. The predicted molar refractivity (Wildman–Crippen MR) is 107 cm³/mol. The summed E-state index contributed by atoms with van der Waals surface area (Å²) in [5.74, 6) is -0.843. The first-order valence-corrected chi connectivity index (χ1v) is 9.48. The Morgan fingerprint density at radius 1 is 1.04 bits per heavy atom. The molecule has 6 heteroatoms. The van der Waals surface area contributed by atoms with Crippen molar-refractivity contribution in [3.05, 3.63) is 59.7 Å². The molecule has 148 valence electrons. The second kappa shape index (κ2) is 8.99. The number of carboxylic acid groups (broad SMARTS) is 1. The summed E-state index contributed by atoms with van der Waals surface area (Å²) in [4.78, 5) is 27.2. The zero-order valence-corrected chi connectivity index (χ0v) is 16.0. The first-order chi connectivity index (χ1) is 13.5. The molecule has 3 rings (SSSR count). The summed E-state index contributed by atoms with van der Waals surface area (Å²) in [6.07, 6.45) is 0. The number of aliphatic hydroxyl groups excluding tert-OH is 1. The summed E-state index contributed by atoms with van der Waals surface area (Å²) in [6, 6.07) is 14.9. The number of carbonyl (C=O) groups excluding carboxylic acids is 1. The van der Waals surface area contributed by atoms with E-state index in [4.69, 9.17) is 0 Å². The van der Waals surface area contributed by atoms with E-state index in [9.17, 15) is 19.8 Å². The van der Waals surface area contributed by atoms with E-state index in [1.165, 1.54) is 0 Å². The van der Waals surface area contributed by atoms with Crippen LogP contribution in [0.15, 0.2) is 48.5 Å². The molecule has 1 amide bonds. The van der Waals surface area contributed by atoms with Crippen LogP contribution in [0.25, 0.3) is 11.1 Å². The van der Waals surface area contributed by atoms with E-state index in [0.29, 0.717) is 18.7 Å². The van der Waals surface area contributed by atoms with Crippen LogP contribution in [-0.4, -0.2) is 64.7 Å². The van der Waals surface area contributed by atoms with Gasteiger partial charge in [-0.3, -0.25) is 9.69 Å². The summed E-state index contributed by atoms with van der Waals surface area (Å²) >= 11 is 0. The quantitative estimate of drug-likeness (QED) is 0.830. The first-order valence-electron chi connectivity index (χ1n) is 9.48. The van der Waals surface area contributed by atoms with E-state index in [2.05, 4.69) is 4.90 Å². The average Bonchev–Trinajstić information content (AvgIpc) is 2.91. The number of hydrogen-bond donors (Lipinski definition) is 2. The van der Waals surface area contributed by atoms with Gasteiger partial charge in [-0.05, 0) is 22.8 Å². The van der Waals surface area contributed by atoms with Gasteiger partial charge in [-0.15, -0.1) is 0 Å². The van der Waals surface area contributed by atoms with Crippen LogP contribution in [-0.2, 0) is 11.3 Å². The van der Waals surface area contributed by atoms with Crippen molar-refractivity contribution in [2.75, 3.05) is 32.8 Å². The molecule has 0 saturated carbocycles. The minimum atomic E-state index is -0.936. The standard InChI is InChI=1S/C22H26N2O4/c1-16(26)24-11-10-23(13-18(14-24)15-25)12-17-6-8-19(9-7-17)20-4-2-3-5-21(20)22(27)28/h2-9,18,25H,10-15H2,1H3,(H,27,28)/t18-/m0/s1. The van der Waals surface area contributed by atoms with Crippen LogP contribution in [0.3, 0.4) is 0 Å². The second-order valence-corrected chi connectivity index (χ2v) is 7.30. The van der Waals surface area contributed by atoms with Crippen LogP contribution >= 0.6 is 0 Å². The fraction of sp³-hybridized carbons (Fsp3) is 0.364. The Bertz CT molecular complexity index is 835. The van der Waals surface area contributed by atoms with Gasteiger partial charge in [0.1, 0.15) is 0 Å². The fourth-order valence-corrected chi connectivity index (χ4v) is 3.69. The van der Waals surface area contributed by atoms with Crippen molar-refractivity contribution >= 4 is 11.9 Å². The number of rotatable bonds is 5. The van der Waals surface area contributed by atoms with Gasteiger partial charge in [0.15, 0.2) is 0 Å². The van der Waals surface area contributed by atoms with Crippen LogP contribution in [0, 0.1) is 5.92 Å². The predicted octanol–water partition coefficient (Wildman–Crippen LogP) is 2.32. The largest absolute Gasteiger partial charge is 0.478 e. The van der Waals surface area contributed by atoms with Gasteiger partial charge in [0.05, 0.1) is 5.56 Å². The van der Waals surface area contributed by atoms with Gasteiger partial charge in [-0.25, -0.2) is 4.79 Å². The Kier molecular flexibility index (Phi) is 6.44. The molecule has 1 aliphatic rings. The summed E-state index contributed by atoms with van der Waals surface area (Å²) < 4.78 is 0. The highest BCUT2D eigenvalue weighted by Crippen LogP contribution is 2.24. The van der Waals surface area contributed by atoms with Crippen molar-refractivity contribution in [2.24, 2.45) is 5.92 Å². The molecule has 2 aromatic rings. The molecule has 1 atom stereocenters. The highest BCUT2D eigenvalue weighted by Gasteiger charge is 2.23. The maximum atomic E-state index is 11.7. The summed E-state index contributed by atoms with van der Waals surface area (Å²) in [7, 11) is 0. The van der Waals surface area contributed by atoms with E-state index in [1.807, 2.05) is 36.4 Å². The highest BCUT2D eigenvalue weighted by atomic mass is 16.4. The normalized spacial score (nSPS) is 17.9. The van der Waals surface area contributed by atoms with Crippen molar-refractivity contribution in [3.8, 4) is 11.1 Å². The lowest BCUT2D eigenvalue weighted by Gasteiger charge is -2.22. The maximum absolute atomic E-state index is 11.7. The molecule has 0 bridgehead atoms. The van der Waals surface area contributed by atoms with Crippen LogP contribution < -0.4 is 0 Å². The molecule has 1 saturated heterocycles. The summed E-state index contributed by atoms with van der Waals surface area (Å²) in [6.45, 7) is 5.11. The Morgan fingerprint density at radius 3 is 2.39 bits per heavy atom. The van der Waals surface area contributed by atoms with Gasteiger partial charge in [-0.2, -0.15) is 0 Å². The van der Waals surface area contributed by atoms with Gasteiger partial charge >= 0.3 is 5.97 Å². The molecular weight excluding hydrogens is 356 g/mol. The van der Waals surface area contributed by atoms with E-state index < -0.39 is 5.97 Å². The zero-order chi connectivity index (χ0) is 20.1. The molecular formula is C22H26N2O4. The van der Waals surface area contributed by atoms with Gasteiger partial charge in [-0.1, -0.05) is 42.5 Å². The third-order valence-electron chi connectivity index (χ3n) is 5.21. The van der Waals surface area contributed by atoms with Crippen LogP contribution in [0.4, 0.5) is 0 Å². The molecule has 1 fully saturated rings. The third kappa shape index (κ3) is 4.77. The SMILES string of the molecule is CC(=O)N1CCN(Cc2ccc(-c3ccccc3C(=O)O)cc2)C[C@H](CO)C1. The number of benzene rings is 2. The van der Waals surface area contributed by atoms with Crippen molar-refractivity contribution in [1.82, 2.24) is 9.80 Å². The lowest BCUT2D eigenvalue weighted by Crippen LogP contribution is -2.35. The molecule has 2 aromatic carbocycles. The number of carbonyl (C=O) groups is 2. The molecule has 0 unspecified atom stereocenters. The highest BCUT2D eigenvalue weighted by molar-refractivity contribution is 5.95. The Morgan fingerprint density at radius 2 is 1.75 bits per heavy atom. The van der Waals surface area contributed by atoms with Gasteiger partial charge in [0.25, 0.3) is 0 Å². The Labute approximate surface area is 165 Å². The maximum Gasteiger partial charge on any atom is 0.336 e. The number of amides is 1. The monoisotopic (exact) mass is 382 g/mol. The van der Waals surface area contributed by atoms with Gasteiger partial charge < -0.3 is 15.1 Å². The summed E-state index contributed by atoms with van der Waals surface area (Å²) in [5, 5.41) is 19.0. The molecule has 0 spiro atoms. The topological polar surface area (TPSA) is 81.1 Å². The van der Waals surface area contributed by atoms with Crippen LogP contribution in [0.1, 0.15) is 22.8 Å².